The van der Waals surface area contributed by atoms with E-state index in [2.05, 4.69) is 15.4 Å². The maximum atomic E-state index is 11.2. The number of hydrogen-bond acceptors (Lipinski definition) is 5. The summed E-state index contributed by atoms with van der Waals surface area (Å²) in [4.78, 5) is 21.6. The van der Waals surface area contributed by atoms with Crippen LogP contribution in [0.15, 0.2) is 16.5 Å². The minimum absolute atomic E-state index is 0.0851. The summed E-state index contributed by atoms with van der Waals surface area (Å²) in [6, 6.07) is 2.61. The number of esters is 1. The number of methoxy groups -OCH3 is 1. The summed E-state index contributed by atoms with van der Waals surface area (Å²) < 4.78 is 9.87. The van der Waals surface area contributed by atoms with Crippen molar-refractivity contribution in [2.75, 3.05) is 20.2 Å². The van der Waals surface area contributed by atoms with Crippen molar-refractivity contribution in [3.05, 3.63) is 23.7 Å². The first kappa shape index (κ1) is 14.0. The van der Waals surface area contributed by atoms with Gasteiger partial charge in [0.05, 0.1) is 13.2 Å². The third-order valence-corrected chi connectivity index (χ3v) is 2.31. The molecule has 18 heavy (non-hydrogen) atoms. The Morgan fingerprint density at radius 1 is 1.44 bits per heavy atom. The van der Waals surface area contributed by atoms with Gasteiger partial charge in [0.15, 0.2) is 0 Å². The SMILES string of the molecule is COC(=O)c1ccc(C(C)NCCNC(N)=O)o1. The summed E-state index contributed by atoms with van der Waals surface area (Å²) in [7, 11) is 1.29. The Morgan fingerprint density at radius 3 is 2.78 bits per heavy atom. The van der Waals surface area contributed by atoms with Gasteiger partial charge in [0.25, 0.3) is 0 Å². The number of carbonyl (C=O) groups is 2. The molecular weight excluding hydrogens is 238 g/mol. The lowest BCUT2D eigenvalue weighted by molar-refractivity contribution is 0.0562. The van der Waals surface area contributed by atoms with Crippen LogP contribution in [0.2, 0.25) is 0 Å². The number of ether oxygens (including phenoxy) is 1. The van der Waals surface area contributed by atoms with Gasteiger partial charge in [-0.3, -0.25) is 0 Å². The Bertz CT molecular complexity index is 416. The fourth-order valence-corrected chi connectivity index (χ4v) is 1.37. The summed E-state index contributed by atoms with van der Waals surface area (Å²) in [5, 5.41) is 5.56. The molecule has 1 aromatic heterocycles. The minimum atomic E-state index is -0.560. The number of primary amides is 1. The minimum Gasteiger partial charge on any atom is -0.463 e. The summed E-state index contributed by atoms with van der Waals surface area (Å²) in [5.41, 5.74) is 4.92. The highest BCUT2D eigenvalue weighted by Gasteiger charge is 2.14. The summed E-state index contributed by atoms with van der Waals surface area (Å²) in [5.74, 6) is 0.273. The topological polar surface area (TPSA) is 107 Å². The van der Waals surface area contributed by atoms with E-state index in [-0.39, 0.29) is 11.8 Å². The van der Waals surface area contributed by atoms with Gasteiger partial charge in [0.1, 0.15) is 5.76 Å². The van der Waals surface area contributed by atoms with Crippen LogP contribution in [0.4, 0.5) is 4.79 Å². The van der Waals surface area contributed by atoms with E-state index < -0.39 is 12.0 Å². The van der Waals surface area contributed by atoms with Gasteiger partial charge in [-0.25, -0.2) is 9.59 Å². The fourth-order valence-electron chi connectivity index (χ4n) is 1.37. The third-order valence-electron chi connectivity index (χ3n) is 2.31. The van der Waals surface area contributed by atoms with Gasteiger partial charge >= 0.3 is 12.0 Å². The Kier molecular flexibility index (Phi) is 5.19. The molecule has 1 rings (SSSR count). The molecule has 1 atom stereocenters. The van der Waals surface area contributed by atoms with Crippen LogP contribution in [0.3, 0.4) is 0 Å². The first-order valence-corrected chi connectivity index (χ1v) is 5.49. The van der Waals surface area contributed by atoms with Crippen molar-refractivity contribution >= 4 is 12.0 Å². The van der Waals surface area contributed by atoms with E-state index in [0.717, 1.165) is 0 Å². The van der Waals surface area contributed by atoms with E-state index in [0.29, 0.717) is 18.8 Å². The average Bonchev–Trinajstić information content (AvgIpc) is 2.82. The molecule has 0 saturated heterocycles. The summed E-state index contributed by atoms with van der Waals surface area (Å²) in [6.07, 6.45) is 0. The molecule has 0 aromatic carbocycles. The van der Waals surface area contributed by atoms with Crippen LogP contribution in [-0.4, -0.2) is 32.2 Å². The van der Waals surface area contributed by atoms with Crippen molar-refractivity contribution in [1.82, 2.24) is 10.6 Å². The average molecular weight is 255 g/mol. The van der Waals surface area contributed by atoms with Crippen LogP contribution >= 0.6 is 0 Å². The van der Waals surface area contributed by atoms with E-state index in [1.165, 1.54) is 7.11 Å². The Morgan fingerprint density at radius 2 is 2.17 bits per heavy atom. The first-order valence-electron chi connectivity index (χ1n) is 5.49. The van der Waals surface area contributed by atoms with Crippen LogP contribution in [0.1, 0.15) is 29.3 Å². The molecule has 1 heterocycles. The molecule has 0 bridgehead atoms. The van der Waals surface area contributed by atoms with Gasteiger partial charge in [-0.15, -0.1) is 0 Å². The maximum Gasteiger partial charge on any atom is 0.373 e. The molecule has 100 valence electrons. The molecule has 1 aromatic rings. The van der Waals surface area contributed by atoms with Gasteiger partial charge < -0.3 is 25.5 Å². The lowest BCUT2D eigenvalue weighted by Crippen LogP contribution is -2.35. The maximum absolute atomic E-state index is 11.2. The number of nitrogens with two attached hydrogens (primary N) is 1. The second-order valence-corrected chi connectivity index (χ2v) is 3.66. The molecule has 0 spiro atoms. The highest BCUT2D eigenvalue weighted by Crippen LogP contribution is 2.16. The smallest absolute Gasteiger partial charge is 0.373 e. The molecular formula is C11H17N3O4. The van der Waals surface area contributed by atoms with Crippen LogP contribution in [0, 0.1) is 0 Å². The van der Waals surface area contributed by atoms with Gasteiger partial charge in [-0.05, 0) is 19.1 Å². The fraction of sp³-hybridized carbons (Fsp3) is 0.455. The van der Waals surface area contributed by atoms with E-state index >= 15 is 0 Å². The molecule has 0 aliphatic heterocycles. The van der Waals surface area contributed by atoms with Gasteiger partial charge in [0, 0.05) is 13.1 Å². The zero-order valence-electron chi connectivity index (χ0n) is 10.4. The molecule has 0 saturated carbocycles. The number of rotatable bonds is 6. The lowest BCUT2D eigenvalue weighted by atomic mass is 10.2. The van der Waals surface area contributed by atoms with Crippen LogP contribution in [0.25, 0.3) is 0 Å². The van der Waals surface area contributed by atoms with Gasteiger partial charge in [0.2, 0.25) is 5.76 Å². The predicted octanol–water partition coefficient (Wildman–Crippen LogP) is 0.385. The van der Waals surface area contributed by atoms with Crippen molar-refractivity contribution in [2.45, 2.75) is 13.0 Å². The number of urea groups is 1. The number of furan rings is 1. The normalized spacial score (nSPS) is 11.9. The van der Waals surface area contributed by atoms with Gasteiger partial charge in [-0.1, -0.05) is 0 Å². The number of hydrogen-bond donors (Lipinski definition) is 3. The van der Waals surface area contributed by atoms with Crippen LogP contribution in [-0.2, 0) is 4.74 Å². The second-order valence-electron chi connectivity index (χ2n) is 3.66. The Hall–Kier alpha value is -2.02. The molecule has 4 N–H and O–H groups in total. The molecule has 0 aliphatic rings. The van der Waals surface area contributed by atoms with Crippen molar-refractivity contribution in [3.8, 4) is 0 Å². The van der Waals surface area contributed by atoms with E-state index in [4.69, 9.17) is 10.2 Å². The molecule has 0 aliphatic carbocycles. The number of carbonyl (C=O) groups excluding carboxylic acids is 2. The van der Waals surface area contributed by atoms with Crippen LogP contribution < -0.4 is 16.4 Å². The first-order chi connectivity index (χ1) is 8.54. The monoisotopic (exact) mass is 255 g/mol. The number of nitrogens with one attached hydrogen (secondary N) is 2. The van der Waals surface area contributed by atoms with E-state index in [1.54, 1.807) is 12.1 Å². The molecule has 7 nitrogen and oxygen atoms in total. The standard InChI is InChI=1S/C11H17N3O4/c1-7(13-5-6-14-11(12)16)8-3-4-9(18-8)10(15)17-2/h3-4,7,13H,5-6H2,1-2H3,(H3,12,14,16). The Balaban J connectivity index is 2.41. The molecule has 2 amide bonds. The van der Waals surface area contributed by atoms with Crippen molar-refractivity contribution in [1.29, 1.82) is 0 Å². The van der Waals surface area contributed by atoms with Crippen molar-refractivity contribution in [2.24, 2.45) is 5.73 Å². The zero-order valence-corrected chi connectivity index (χ0v) is 10.4. The summed E-state index contributed by atoms with van der Waals surface area (Å²) in [6.45, 7) is 2.84. The van der Waals surface area contributed by atoms with Gasteiger partial charge in [-0.2, -0.15) is 0 Å². The third kappa shape index (κ3) is 4.10. The predicted molar refractivity (Wildman–Crippen MR) is 64.1 cm³/mol. The molecule has 7 heteroatoms. The Labute approximate surface area is 105 Å². The van der Waals surface area contributed by atoms with E-state index in [1.807, 2.05) is 6.92 Å². The number of amides is 2. The van der Waals surface area contributed by atoms with Crippen LogP contribution in [0.5, 0.6) is 0 Å². The lowest BCUT2D eigenvalue weighted by Gasteiger charge is -2.11. The summed E-state index contributed by atoms with van der Waals surface area (Å²) >= 11 is 0. The molecule has 0 fully saturated rings. The quantitative estimate of drug-likeness (QED) is 0.503. The molecule has 1 unspecified atom stereocenters. The van der Waals surface area contributed by atoms with Crippen molar-refractivity contribution < 1.29 is 18.7 Å². The van der Waals surface area contributed by atoms with Crippen molar-refractivity contribution in [3.63, 3.8) is 0 Å². The second kappa shape index (κ2) is 6.65. The highest BCUT2D eigenvalue weighted by molar-refractivity contribution is 5.86. The molecule has 0 radical (unpaired) electrons. The van der Waals surface area contributed by atoms with E-state index in [9.17, 15) is 9.59 Å². The zero-order chi connectivity index (χ0) is 13.5. The highest BCUT2D eigenvalue weighted by atomic mass is 16.5. The largest absolute Gasteiger partial charge is 0.463 e.